The van der Waals surface area contributed by atoms with E-state index in [9.17, 15) is 0 Å². The van der Waals surface area contributed by atoms with Crippen LogP contribution in [0.25, 0.3) is 0 Å². The number of piperidine rings is 1. The summed E-state index contributed by atoms with van der Waals surface area (Å²) >= 11 is 1.80. The molecule has 1 fully saturated rings. The number of anilines is 1. The molecule has 0 unspecified atom stereocenters. The van der Waals surface area contributed by atoms with Crippen molar-refractivity contribution in [2.75, 3.05) is 24.5 Å². The molecule has 0 amide bonds. The fourth-order valence-corrected chi connectivity index (χ4v) is 3.33. The summed E-state index contributed by atoms with van der Waals surface area (Å²) < 4.78 is 0. The zero-order chi connectivity index (χ0) is 12.8. The summed E-state index contributed by atoms with van der Waals surface area (Å²) in [6.07, 6.45) is 5.18. The van der Waals surface area contributed by atoms with Gasteiger partial charge in [-0.3, -0.25) is 0 Å². The molecule has 0 radical (unpaired) electrons. The van der Waals surface area contributed by atoms with Crippen molar-refractivity contribution in [2.45, 2.75) is 46.1 Å². The van der Waals surface area contributed by atoms with Crippen LogP contribution in [-0.2, 0) is 6.54 Å². The Morgan fingerprint density at radius 2 is 2.17 bits per heavy atom. The molecule has 0 spiro atoms. The van der Waals surface area contributed by atoms with E-state index in [2.05, 4.69) is 29.4 Å². The molecular formula is C14H25N3S. The minimum Gasteiger partial charge on any atom is -0.348 e. The van der Waals surface area contributed by atoms with Gasteiger partial charge in [-0.05, 0) is 31.7 Å². The highest BCUT2D eigenvalue weighted by molar-refractivity contribution is 7.13. The Kier molecular flexibility index (Phi) is 5.45. The molecule has 0 bridgehead atoms. The first-order chi connectivity index (χ1) is 8.83. The molecule has 3 nitrogen and oxygen atoms in total. The number of nitrogens with one attached hydrogen (secondary N) is 1. The van der Waals surface area contributed by atoms with E-state index in [0.717, 1.165) is 19.0 Å². The van der Waals surface area contributed by atoms with Gasteiger partial charge in [-0.15, -0.1) is 11.3 Å². The fraction of sp³-hybridized carbons (Fsp3) is 0.786. The highest BCUT2D eigenvalue weighted by Gasteiger charge is 2.19. The van der Waals surface area contributed by atoms with Gasteiger partial charge < -0.3 is 10.2 Å². The first kappa shape index (κ1) is 13.8. The van der Waals surface area contributed by atoms with Crippen molar-refractivity contribution >= 4 is 16.5 Å². The molecule has 1 saturated heterocycles. The number of rotatable bonds is 6. The minimum atomic E-state index is 0.912. The lowest BCUT2D eigenvalue weighted by Crippen LogP contribution is -2.33. The first-order valence-electron chi connectivity index (χ1n) is 7.23. The topological polar surface area (TPSA) is 28.2 Å². The van der Waals surface area contributed by atoms with E-state index in [1.807, 2.05) is 0 Å². The predicted molar refractivity (Wildman–Crippen MR) is 79.3 cm³/mol. The molecule has 0 saturated carbocycles. The summed E-state index contributed by atoms with van der Waals surface area (Å²) in [5, 5.41) is 6.83. The molecule has 0 aromatic carbocycles. The Labute approximate surface area is 115 Å². The maximum atomic E-state index is 4.74. The van der Waals surface area contributed by atoms with E-state index in [1.165, 1.54) is 49.6 Å². The summed E-state index contributed by atoms with van der Waals surface area (Å²) in [4.78, 5) is 7.20. The monoisotopic (exact) mass is 267 g/mol. The van der Waals surface area contributed by atoms with Crippen LogP contribution in [0.3, 0.4) is 0 Å². The average Bonchev–Trinajstić information content (AvgIpc) is 2.88. The van der Waals surface area contributed by atoms with Crippen LogP contribution in [0.2, 0.25) is 0 Å². The zero-order valence-electron chi connectivity index (χ0n) is 11.6. The van der Waals surface area contributed by atoms with Gasteiger partial charge in [-0.2, -0.15) is 0 Å². The van der Waals surface area contributed by atoms with Crippen LogP contribution in [0.15, 0.2) is 5.38 Å². The molecule has 102 valence electrons. The van der Waals surface area contributed by atoms with E-state index in [4.69, 9.17) is 4.98 Å². The van der Waals surface area contributed by atoms with Crippen LogP contribution >= 0.6 is 11.3 Å². The van der Waals surface area contributed by atoms with Gasteiger partial charge in [0.1, 0.15) is 0 Å². The molecule has 4 heteroatoms. The standard InChI is InChI=1S/C14H25N3S/c1-3-7-15-10-13-11-18-14(16-13)17-8-5-12(4-2)6-9-17/h11-12,15H,3-10H2,1-2H3. The van der Waals surface area contributed by atoms with Crippen molar-refractivity contribution in [3.63, 3.8) is 0 Å². The van der Waals surface area contributed by atoms with Gasteiger partial charge in [0.2, 0.25) is 0 Å². The summed E-state index contributed by atoms with van der Waals surface area (Å²) in [5.41, 5.74) is 1.20. The summed E-state index contributed by atoms with van der Waals surface area (Å²) in [6, 6.07) is 0. The van der Waals surface area contributed by atoms with Gasteiger partial charge in [0.15, 0.2) is 5.13 Å². The molecule has 18 heavy (non-hydrogen) atoms. The second kappa shape index (κ2) is 7.10. The van der Waals surface area contributed by atoms with Crippen LogP contribution in [0, 0.1) is 5.92 Å². The number of thiazole rings is 1. The highest BCUT2D eigenvalue weighted by atomic mass is 32.1. The quantitative estimate of drug-likeness (QED) is 0.802. The van der Waals surface area contributed by atoms with Crippen molar-refractivity contribution < 1.29 is 0 Å². The molecule has 1 aromatic heterocycles. The second-order valence-electron chi connectivity index (χ2n) is 5.14. The van der Waals surface area contributed by atoms with Crippen molar-refractivity contribution in [2.24, 2.45) is 5.92 Å². The summed E-state index contributed by atoms with van der Waals surface area (Å²) in [5.74, 6) is 0.937. The maximum absolute atomic E-state index is 4.74. The van der Waals surface area contributed by atoms with Gasteiger partial charge in [-0.1, -0.05) is 20.3 Å². The maximum Gasteiger partial charge on any atom is 0.185 e. The average molecular weight is 267 g/mol. The van der Waals surface area contributed by atoms with Crippen LogP contribution < -0.4 is 10.2 Å². The lowest BCUT2D eigenvalue weighted by molar-refractivity contribution is 0.395. The zero-order valence-corrected chi connectivity index (χ0v) is 12.4. The molecule has 1 N–H and O–H groups in total. The van der Waals surface area contributed by atoms with Gasteiger partial charge in [-0.25, -0.2) is 4.98 Å². The van der Waals surface area contributed by atoms with Crippen molar-refractivity contribution in [3.8, 4) is 0 Å². The third kappa shape index (κ3) is 3.69. The van der Waals surface area contributed by atoms with Crippen LogP contribution in [-0.4, -0.2) is 24.6 Å². The first-order valence-corrected chi connectivity index (χ1v) is 8.11. The van der Waals surface area contributed by atoms with E-state index in [-0.39, 0.29) is 0 Å². The lowest BCUT2D eigenvalue weighted by atomic mass is 9.95. The van der Waals surface area contributed by atoms with Gasteiger partial charge in [0.25, 0.3) is 0 Å². The van der Waals surface area contributed by atoms with Gasteiger partial charge in [0, 0.05) is 25.0 Å². The second-order valence-corrected chi connectivity index (χ2v) is 5.97. The van der Waals surface area contributed by atoms with Gasteiger partial charge in [0.05, 0.1) is 5.69 Å². The van der Waals surface area contributed by atoms with E-state index in [1.54, 1.807) is 11.3 Å². The van der Waals surface area contributed by atoms with E-state index in [0.29, 0.717) is 0 Å². The smallest absolute Gasteiger partial charge is 0.185 e. The Bertz CT molecular complexity index is 343. The van der Waals surface area contributed by atoms with E-state index < -0.39 is 0 Å². The number of hydrogen-bond acceptors (Lipinski definition) is 4. The van der Waals surface area contributed by atoms with Gasteiger partial charge >= 0.3 is 0 Å². The molecular weight excluding hydrogens is 242 g/mol. The summed E-state index contributed by atoms with van der Waals surface area (Å²) in [6.45, 7) is 8.87. The Morgan fingerprint density at radius 3 is 2.83 bits per heavy atom. The SMILES string of the molecule is CCCNCc1csc(N2CCC(CC)CC2)n1. The molecule has 2 rings (SSSR count). The predicted octanol–water partition coefficient (Wildman–Crippen LogP) is 3.27. The number of aromatic nitrogens is 1. The van der Waals surface area contributed by atoms with Crippen molar-refractivity contribution in [3.05, 3.63) is 11.1 Å². The van der Waals surface area contributed by atoms with Crippen molar-refractivity contribution in [1.82, 2.24) is 10.3 Å². The number of nitrogens with zero attached hydrogens (tertiary/aromatic N) is 2. The van der Waals surface area contributed by atoms with E-state index >= 15 is 0 Å². The summed E-state index contributed by atoms with van der Waals surface area (Å²) in [7, 11) is 0. The molecule has 2 heterocycles. The molecule has 1 aliphatic heterocycles. The lowest BCUT2D eigenvalue weighted by Gasteiger charge is -2.31. The Morgan fingerprint density at radius 1 is 1.39 bits per heavy atom. The third-order valence-electron chi connectivity index (χ3n) is 3.73. The van der Waals surface area contributed by atoms with Crippen LogP contribution in [0.1, 0.15) is 45.2 Å². The number of hydrogen-bond donors (Lipinski definition) is 1. The van der Waals surface area contributed by atoms with Crippen LogP contribution in [0.4, 0.5) is 5.13 Å². The minimum absolute atomic E-state index is 0.912. The van der Waals surface area contributed by atoms with Crippen LogP contribution in [0.5, 0.6) is 0 Å². The fourth-order valence-electron chi connectivity index (χ4n) is 2.45. The third-order valence-corrected chi connectivity index (χ3v) is 4.69. The van der Waals surface area contributed by atoms with Crippen molar-refractivity contribution in [1.29, 1.82) is 0 Å². The molecule has 1 aliphatic rings. The normalized spacial score (nSPS) is 17.3. The molecule has 1 aromatic rings. The Balaban J connectivity index is 1.82. The molecule has 0 atom stereocenters. The largest absolute Gasteiger partial charge is 0.348 e. The highest BCUT2D eigenvalue weighted by Crippen LogP contribution is 2.27. The molecule has 0 aliphatic carbocycles. The Hall–Kier alpha value is -0.610.